The first-order chi connectivity index (χ1) is 8.38. The summed E-state index contributed by atoms with van der Waals surface area (Å²) in [5.74, 6) is 0. The minimum Gasteiger partial charge on any atom is -0.356 e. The van der Waals surface area contributed by atoms with Crippen molar-refractivity contribution in [1.29, 1.82) is 0 Å². The Balaban J connectivity index is 1.99. The molecule has 1 atom stereocenters. The molecule has 4 nitrogen and oxygen atoms in total. The second-order valence-corrected chi connectivity index (χ2v) is 4.51. The van der Waals surface area contributed by atoms with Crippen LogP contribution in [0.25, 0.3) is 10.9 Å². The molecule has 2 aromatic rings. The Labute approximate surface area is 100 Å². The summed E-state index contributed by atoms with van der Waals surface area (Å²) in [6, 6.07) is 6.24. The fourth-order valence-corrected chi connectivity index (χ4v) is 2.38. The van der Waals surface area contributed by atoms with Crippen molar-refractivity contribution in [2.75, 3.05) is 6.61 Å². The molecule has 1 aromatic carbocycles. The molecule has 17 heavy (non-hydrogen) atoms. The van der Waals surface area contributed by atoms with Gasteiger partial charge in [-0.25, -0.2) is 4.68 Å². The Hall–Kier alpha value is -1.39. The first-order valence-electron chi connectivity index (χ1n) is 6.16. The quantitative estimate of drug-likeness (QED) is 0.862. The summed E-state index contributed by atoms with van der Waals surface area (Å²) >= 11 is 0. The van der Waals surface area contributed by atoms with E-state index in [1.54, 1.807) is 0 Å². The van der Waals surface area contributed by atoms with Gasteiger partial charge in [0.25, 0.3) is 0 Å². The van der Waals surface area contributed by atoms with Crippen LogP contribution in [-0.2, 0) is 11.3 Å². The van der Waals surface area contributed by atoms with Gasteiger partial charge in [-0.1, -0.05) is 6.07 Å². The van der Waals surface area contributed by atoms with Crippen LogP contribution in [0.4, 0.5) is 0 Å². The molecule has 1 aliphatic heterocycles. The molecule has 0 unspecified atom stereocenters. The Morgan fingerprint density at radius 1 is 1.41 bits per heavy atom. The van der Waals surface area contributed by atoms with E-state index in [9.17, 15) is 0 Å². The predicted octanol–water partition coefficient (Wildman–Crippen LogP) is 2.19. The Morgan fingerprint density at radius 2 is 2.35 bits per heavy atom. The summed E-state index contributed by atoms with van der Waals surface area (Å²) in [5.41, 5.74) is 7.91. The third-order valence-electron chi connectivity index (χ3n) is 3.32. The molecule has 2 heterocycles. The van der Waals surface area contributed by atoms with Gasteiger partial charge in [0.1, 0.15) is 0 Å². The van der Waals surface area contributed by atoms with Crippen LogP contribution in [0.3, 0.4) is 0 Å². The first-order valence-corrected chi connectivity index (χ1v) is 6.16. The molecule has 0 aliphatic carbocycles. The van der Waals surface area contributed by atoms with Crippen molar-refractivity contribution in [3.05, 3.63) is 30.0 Å². The average Bonchev–Trinajstić information content (AvgIpc) is 2.82. The number of fused-ring (bicyclic) bond motifs is 1. The number of rotatable bonds is 2. The molecular formula is C13H17N3O. The van der Waals surface area contributed by atoms with E-state index in [4.69, 9.17) is 10.5 Å². The largest absolute Gasteiger partial charge is 0.356 e. The van der Waals surface area contributed by atoms with E-state index in [1.807, 2.05) is 10.9 Å². The summed E-state index contributed by atoms with van der Waals surface area (Å²) < 4.78 is 7.76. The van der Waals surface area contributed by atoms with Gasteiger partial charge in [-0.2, -0.15) is 5.10 Å². The van der Waals surface area contributed by atoms with Crippen LogP contribution in [0.2, 0.25) is 0 Å². The van der Waals surface area contributed by atoms with Crippen LogP contribution in [-0.4, -0.2) is 16.4 Å². The van der Waals surface area contributed by atoms with E-state index in [0.29, 0.717) is 6.54 Å². The van der Waals surface area contributed by atoms with Crippen molar-refractivity contribution < 1.29 is 4.74 Å². The molecule has 0 spiro atoms. The minimum atomic E-state index is 0.102. The molecule has 1 fully saturated rings. The zero-order chi connectivity index (χ0) is 11.7. The smallest absolute Gasteiger partial charge is 0.150 e. The van der Waals surface area contributed by atoms with Crippen LogP contribution in [0.15, 0.2) is 24.4 Å². The van der Waals surface area contributed by atoms with E-state index in [0.717, 1.165) is 35.9 Å². The highest BCUT2D eigenvalue weighted by molar-refractivity contribution is 5.79. The van der Waals surface area contributed by atoms with Crippen LogP contribution < -0.4 is 5.73 Å². The number of nitrogens with zero attached hydrogens (tertiary/aromatic N) is 2. The lowest BCUT2D eigenvalue weighted by Gasteiger charge is -2.23. The lowest BCUT2D eigenvalue weighted by Crippen LogP contribution is -2.18. The second-order valence-electron chi connectivity index (χ2n) is 4.51. The third kappa shape index (κ3) is 1.94. The fourth-order valence-electron chi connectivity index (χ4n) is 2.38. The molecule has 1 aromatic heterocycles. The van der Waals surface area contributed by atoms with Gasteiger partial charge < -0.3 is 10.5 Å². The molecular weight excluding hydrogens is 214 g/mol. The number of ether oxygens (including phenoxy) is 1. The first kappa shape index (κ1) is 10.7. The van der Waals surface area contributed by atoms with Gasteiger partial charge in [-0.3, -0.25) is 0 Å². The molecule has 0 amide bonds. The van der Waals surface area contributed by atoms with E-state index in [2.05, 4.69) is 23.3 Å². The Bertz CT molecular complexity index is 514. The van der Waals surface area contributed by atoms with Gasteiger partial charge in [0.2, 0.25) is 0 Å². The summed E-state index contributed by atoms with van der Waals surface area (Å²) in [6.45, 7) is 1.41. The van der Waals surface area contributed by atoms with Gasteiger partial charge in [-0.05, 0) is 37.0 Å². The van der Waals surface area contributed by atoms with E-state index in [1.165, 1.54) is 6.42 Å². The third-order valence-corrected chi connectivity index (χ3v) is 3.32. The van der Waals surface area contributed by atoms with Crippen molar-refractivity contribution in [3.8, 4) is 0 Å². The highest BCUT2D eigenvalue weighted by Gasteiger charge is 2.18. The highest BCUT2D eigenvalue weighted by atomic mass is 16.5. The van der Waals surface area contributed by atoms with Gasteiger partial charge in [-0.15, -0.1) is 0 Å². The lowest BCUT2D eigenvalue weighted by atomic mass is 10.1. The predicted molar refractivity (Wildman–Crippen MR) is 66.5 cm³/mol. The molecule has 2 N–H and O–H groups in total. The van der Waals surface area contributed by atoms with Gasteiger partial charge >= 0.3 is 0 Å². The van der Waals surface area contributed by atoms with Gasteiger partial charge in [0, 0.05) is 18.5 Å². The normalized spacial score (nSPS) is 20.9. The monoisotopic (exact) mass is 231 g/mol. The van der Waals surface area contributed by atoms with Crippen LogP contribution in [0.1, 0.15) is 31.1 Å². The minimum absolute atomic E-state index is 0.102. The Kier molecular flexibility index (Phi) is 2.82. The number of hydrogen-bond acceptors (Lipinski definition) is 3. The SMILES string of the molecule is NCc1ccc2c(cnn2[C@@H]2CCCCO2)c1. The van der Waals surface area contributed by atoms with Gasteiger partial charge in [0.15, 0.2) is 6.23 Å². The fraction of sp³-hybridized carbons (Fsp3) is 0.462. The van der Waals surface area contributed by atoms with Crippen LogP contribution in [0.5, 0.6) is 0 Å². The molecule has 3 rings (SSSR count). The van der Waals surface area contributed by atoms with Crippen LogP contribution in [0, 0.1) is 0 Å². The van der Waals surface area contributed by atoms with Crippen LogP contribution >= 0.6 is 0 Å². The molecule has 1 aliphatic rings. The number of nitrogens with two attached hydrogens (primary N) is 1. The molecule has 1 saturated heterocycles. The van der Waals surface area contributed by atoms with Crippen molar-refractivity contribution >= 4 is 10.9 Å². The second kappa shape index (κ2) is 4.47. The summed E-state index contributed by atoms with van der Waals surface area (Å²) in [5, 5.41) is 5.59. The van der Waals surface area contributed by atoms with Gasteiger partial charge in [0.05, 0.1) is 11.7 Å². The van der Waals surface area contributed by atoms with E-state index >= 15 is 0 Å². The molecule has 90 valence electrons. The maximum atomic E-state index is 5.76. The number of hydrogen-bond donors (Lipinski definition) is 1. The summed E-state index contributed by atoms with van der Waals surface area (Å²) in [6.07, 6.45) is 5.42. The topological polar surface area (TPSA) is 53.1 Å². The Morgan fingerprint density at radius 3 is 3.12 bits per heavy atom. The molecule has 0 bridgehead atoms. The van der Waals surface area contributed by atoms with E-state index < -0.39 is 0 Å². The zero-order valence-corrected chi connectivity index (χ0v) is 9.80. The van der Waals surface area contributed by atoms with Crippen molar-refractivity contribution in [2.24, 2.45) is 5.73 Å². The maximum absolute atomic E-state index is 5.76. The van der Waals surface area contributed by atoms with Crippen molar-refractivity contribution in [3.63, 3.8) is 0 Å². The average molecular weight is 231 g/mol. The zero-order valence-electron chi connectivity index (χ0n) is 9.80. The summed E-state index contributed by atoms with van der Waals surface area (Å²) in [7, 11) is 0. The van der Waals surface area contributed by atoms with E-state index in [-0.39, 0.29) is 6.23 Å². The highest BCUT2D eigenvalue weighted by Crippen LogP contribution is 2.26. The molecule has 4 heteroatoms. The van der Waals surface area contributed by atoms with Crippen molar-refractivity contribution in [1.82, 2.24) is 9.78 Å². The standard InChI is InChI=1S/C13H17N3O/c14-8-10-4-5-12-11(7-10)9-15-16(12)13-3-1-2-6-17-13/h4-5,7,9,13H,1-3,6,8,14H2/t13-/m0/s1. The van der Waals surface area contributed by atoms with Crippen molar-refractivity contribution in [2.45, 2.75) is 32.0 Å². The number of benzene rings is 1. The molecule has 0 radical (unpaired) electrons. The summed E-state index contributed by atoms with van der Waals surface area (Å²) in [4.78, 5) is 0. The number of aromatic nitrogens is 2. The lowest BCUT2D eigenvalue weighted by molar-refractivity contribution is -0.0366. The molecule has 0 saturated carbocycles. The maximum Gasteiger partial charge on any atom is 0.150 e.